The second kappa shape index (κ2) is 5.58. The van der Waals surface area contributed by atoms with Crippen molar-refractivity contribution in [3.05, 3.63) is 27.8 Å². The van der Waals surface area contributed by atoms with E-state index in [0.717, 1.165) is 12.1 Å². The maximum absolute atomic E-state index is 12.5. The summed E-state index contributed by atoms with van der Waals surface area (Å²) < 4.78 is 75.7. The summed E-state index contributed by atoms with van der Waals surface area (Å²) in [5.74, 6) is -2.40. The van der Waals surface area contributed by atoms with E-state index in [-0.39, 0.29) is 5.69 Å². The van der Waals surface area contributed by atoms with E-state index in [2.05, 4.69) is 11.6 Å². The zero-order valence-electron chi connectivity index (χ0n) is 9.24. The van der Waals surface area contributed by atoms with E-state index in [1.54, 1.807) is 0 Å². The molecule has 0 bridgehead atoms. The third kappa shape index (κ3) is 3.30. The van der Waals surface area contributed by atoms with Gasteiger partial charge in [-0.1, -0.05) is 11.6 Å². The van der Waals surface area contributed by atoms with Gasteiger partial charge >= 0.3 is 17.2 Å². The summed E-state index contributed by atoms with van der Waals surface area (Å²) >= 11 is 6.43. The fourth-order valence-corrected chi connectivity index (χ4v) is 1.58. The van der Waals surface area contributed by atoms with Gasteiger partial charge < -0.3 is 5.32 Å². The highest BCUT2D eigenvalue weighted by Gasteiger charge is 2.75. The van der Waals surface area contributed by atoms with Gasteiger partial charge in [0, 0.05) is 9.26 Å². The maximum Gasteiger partial charge on any atom is 0.425 e. The third-order valence-electron chi connectivity index (χ3n) is 2.20. The molecule has 1 aromatic carbocycles. The number of rotatable bonds is 2. The number of halogens is 8. The van der Waals surface area contributed by atoms with Crippen LogP contribution in [0.5, 0.6) is 0 Å². The van der Waals surface area contributed by atoms with Crippen LogP contribution in [0.25, 0.3) is 0 Å². The van der Waals surface area contributed by atoms with Crippen LogP contribution >= 0.6 is 34.2 Å². The minimum absolute atomic E-state index is 0.228. The fourth-order valence-electron chi connectivity index (χ4n) is 1.17. The number of hydrogen-bond acceptors (Lipinski definition) is 1. The first kappa shape index (κ1) is 17.3. The lowest BCUT2D eigenvalue weighted by Gasteiger charge is -2.30. The molecule has 1 rings (SSSR count). The molecule has 0 aliphatic heterocycles. The first-order valence-electron chi connectivity index (χ1n) is 4.79. The van der Waals surface area contributed by atoms with Crippen molar-refractivity contribution in [1.29, 1.82) is 0 Å². The molecule has 1 aromatic rings. The molecule has 2 nitrogen and oxygen atoms in total. The summed E-state index contributed by atoms with van der Waals surface area (Å²) in [7, 11) is 0. The van der Waals surface area contributed by atoms with E-state index in [1.807, 2.05) is 22.6 Å². The fraction of sp³-hybridized carbons (Fsp3) is 0.300. The number of carbonyl (C=O) groups excluding carboxylic acids is 1. The van der Waals surface area contributed by atoms with Gasteiger partial charge in [0.1, 0.15) is 0 Å². The third-order valence-corrected chi connectivity index (χ3v) is 3.52. The van der Waals surface area contributed by atoms with E-state index < -0.39 is 23.1 Å². The van der Waals surface area contributed by atoms with Crippen LogP contribution in [0.15, 0.2) is 24.3 Å². The topological polar surface area (TPSA) is 29.1 Å². The molecular weight excluding hydrogens is 426 g/mol. The molecule has 0 fully saturated rings. The highest BCUT2D eigenvalue weighted by molar-refractivity contribution is 14.1. The van der Waals surface area contributed by atoms with Gasteiger partial charge in [-0.15, -0.1) is 0 Å². The molecule has 1 amide bonds. The van der Waals surface area contributed by atoms with Crippen molar-refractivity contribution in [2.75, 3.05) is 5.32 Å². The van der Waals surface area contributed by atoms with Gasteiger partial charge in [0.15, 0.2) is 0 Å². The highest BCUT2D eigenvalue weighted by atomic mass is 127. The minimum Gasteiger partial charge on any atom is -0.324 e. The quantitative estimate of drug-likeness (QED) is 0.422. The van der Waals surface area contributed by atoms with Crippen LogP contribution in [-0.4, -0.2) is 23.1 Å². The smallest absolute Gasteiger partial charge is 0.324 e. The van der Waals surface area contributed by atoms with Gasteiger partial charge in [-0.25, -0.2) is 0 Å². The summed E-state index contributed by atoms with van der Waals surface area (Å²) in [6.45, 7) is 0. The largest absolute Gasteiger partial charge is 0.425 e. The number of nitrogens with one attached hydrogen (secondary N) is 1. The van der Waals surface area contributed by atoms with E-state index in [4.69, 9.17) is 0 Å². The number of amides is 1. The van der Waals surface area contributed by atoms with Crippen molar-refractivity contribution >= 4 is 45.8 Å². The number of alkyl halides is 7. The summed E-state index contributed by atoms with van der Waals surface area (Å²) in [6, 6.07) is 5.11. The van der Waals surface area contributed by atoms with Crippen molar-refractivity contribution in [3.8, 4) is 0 Å². The molecule has 0 atom stereocenters. The lowest BCUT2D eigenvalue weighted by Crippen LogP contribution is -2.60. The second-order valence-corrected chi connectivity index (χ2v) is 5.43. The average Bonchev–Trinajstić information content (AvgIpc) is 2.28. The average molecular weight is 432 g/mol. The van der Waals surface area contributed by atoms with Crippen LogP contribution < -0.4 is 5.32 Å². The predicted octanol–water partition coefficient (Wildman–Crippen LogP) is 4.33. The maximum atomic E-state index is 12.5. The van der Waals surface area contributed by atoms with E-state index >= 15 is 0 Å². The Balaban J connectivity index is 3.11. The van der Waals surface area contributed by atoms with Crippen molar-refractivity contribution in [2.24, 2.45) is 0 Å². The van der Waals surface area contributed by atoms with Gasteiger partial charge in [-0.3, -0.25) is 4.79 Å². The first-order chi connectivity index (χ1) is 8.89. The molecular formula is C10H5ClF6INO. The molecule has 0 saturated carbocycles. The van der Waals surface area contributed by atoms with E-state index in [9.17, 15) is 31.1 Å². The number of benzene rings is 1. The van der Waals surface area contributed by atoms with Crippen LogP contribution in [0.4, 0.5) is 32.0 Å². The Morgan fingerprint density at radius 2 is 1.40 bits per heavy atom. The SMILES string of the molecule is O=C(Nc1ccc(I)cc1)C(Cl)(C(F)(F)F)C(F)(F)F. The second-order valence-electron chi connectivity index (χ2n) is 3.62. The molecule has 0 heterocycles. The highest BCUT2D eigenvalue weighted by Crippen LogP contribution is 2.48. The summed E-state index contributed by atoms with van der Waals surface area (Å²) in [5.41, 5.74) is -0.228. The molecule has 1 N–H and O–H groups in total. The minimum atomic E-state index is -5.99. The van der Waals surface area contributed by atoms with Gasteiger partial charge in [0.05, 0.1) is 0 Å². The summed E-state index contributed by atoms with van der Waals surface area (Å²) in [6.07, 6.45) is -12.0. The van der Waals surface area contributed by atoms with Crippen LogP contribution in [-0.2, 0) is 4.79 Å². The predicted molar refractivity (Wildman–Crippen MR) is 68.5 cm³/mol. The Labute approximate surface area is 127 Å². The number of hydrogen-bond donors (Lipinski definition) is 1. The molecule has 0 aromatic heterocycles. The first-order valence-corrected chi connectivity index (χ1v) is 6.24. The van der Waals surface area contributed by atoms with E-state index in [1.165, 1.54) is 17.4 Å². The van der Waals surface area contributed by atoms with Gasteiger partial charge in [-0.05, 0) is 46.9 Å². The molecule has 20 heavy (non-hydrogen) atoms. The molecule has 0 spiro atoms. The number of anilines is 1. The molecule has 0 aliphatic carbocycles. The molecule has 0 aliphatic rings. The monoisotopic (exact) mass is 431 g/mol. The molecule has 112 valence electrons. The molecule has 10 heteroatoms. The van der Waals surface area contributed by atoms with Crippen LogP contribution in [0.3, 0.4) is 0 Å². The van der Waals surface area contributed by atoms with Crippen molar-refractivity contribution in [2.45, 2.75) is 17.2 Å². The Hall–Kier alpha value is -0.710. The van der Waals surface area contributed by atoms with E-state index in [0.29, 0.717) is 3.57 Å². The van der Waals surface area contributed by atoms with Crippen LogP contribution in [0, 0.1) is 3.57 Å². The van der Waals surface area contributed by atoms with Crippen molar-refractivity contribution in [3.63, 3.8) is 0 Å². The Morgan fingerprint density at radius 1 is 1.00 bits per heavy atom. The zero-order chi connectivity index (χ0) is 15.8. The van der Waals surface area contributed by atoms with Crippen LogP contribution in [0.1, 0.15) is 0 Å². The van der Waals surface area contributed by atoms with Gasteiger partial charge in [-0.2, -0.15) is 26.3 Å². The Bertz CT molecular complexity index is 484. The van der Waals surface area contributed by atoms with Gasteiger partial charge in [0.2, 0.25) is 0 Å². The standard InChI is InChI=1S/C10H5ClF6INO/c11-8(9(12,13)14,10(15,16)17)7(20)19-6-3-1-5(18)2-4-6/h1-4H,(H,19,20). The zero-order valence-corrected chi connectivity index (χ0v) is 12.2. The van der Waals surface area contributed by atoms with Crippen molar-refractivity contribution in [1.82, 2.24) is 0 Å². The normalized spacial score (nSPS) is 13.2. The van der Waals surface area contributed by atoms with Gasteiger partial charge in [0.25, 0.3) is 5.91 Å². The van der Waals surface area contributed by atoms with Crippen LogP contribution in [0.2, 0.25) is 0 Å². The summed E-state index contributed by atoms with van der Waals surface area (Å²) in [5, 5.41) is 1.51. The lowest BCUT2D eigenvalue weighted by atomic mass is 10.1. The molecule has 0 unspecified atom stereocenters. The summed E-state index contributed by atoms with van der Waals surface area (Å²) in [4.78, 5) is 6.33. The number of carbonyl (C=O) groups is 1. The Morgan fingerprint density at radius 3 is 1.75 bits per heavy atom. The lowest BCUT2D eigenvalue weighted by molar-refractivity contribution is -0.258. The van der Waals surface area contributed by atoms with Crippen molar-refractivity contribution < 1.29 is 31.1 Å². The Kier molecular flexibility index (Phi) is 4.84. The molecule has 0 radical (unpaired) electrons. The molecule has 0 saturated heterocycles.